The lowest BCUT2D eigenvalue weighted by Gasteiger charge is -2.28. The molecule has 0 fully saturated rings. The van der Waals surface area contributed by atoms with E-state index in [9.17, 15) is 13.2 Å². The first-order valence-corrected chi connectivity index (χ1v) is 11.7. The van der Waals surface area contributed by atoms with Gasteiger partial charge in [-0.05, 0) is 42.8 Å². The van der Waals surface area contributed by atoms with E-state index < -0.39 is 22.0 Å². The van der Waals surface area contributed by atoms with Crippen LogP contribution in [0.4, 0.5) is 5.69 Å². The van der Waals surface area contributed by atoms with E-state index in [0.717, 1.165) is 15.6 Å². The van der Waals surface area contributed by atoms with Crippen LogP contribution in [0, 0.1) is 6.92 Å². The minimum atomic E-state index is -3.98. The predicted octanol–water partition coefficient (Wildman–Crippen LogP) is 5.49. The number of fused-ring (bicyclic) bond motifs is 1. The average molecular weight is 482 g/mol. The zero-order valence-corrected chi connectivity index (χ0v) is 18.7. The topological polar surface area (TPSA) is 54.5 Å². The summed E-state index contributed by atoms with van der Waals surface area (Å²) in [7, 11) is -3.98. The highest BCUT2D eigenvalue weighted by Crippen LogP contribution is 2.46. The van der Waals surface area contributed by atoms with E-state index >= 15 is 0 Å². The number of sulfonamides is 1. The molecule has 30 heavy (non-hydrogen) atoms. The second kappa shape index (κ2) is 7.85. The second-order valence-electron chi connectivity index (χ2n) is 7.25. The summed E-state index contributed by atoms with van der Waals surface area (Å²) >= 11 is 3.46. The lowest BCUT2D eigenvalue weighted by atomic mass is 9.90. The van der Waals surface area contributed by atoms with Gasteiger partial charge in [-0.1, -0.05) is 70.0 Å². The van der Waals surface area contributed by atoms with Crippen molar-refractivity contribution < 1.29 is 13.2 Å². The van der Waals surface area contributed by atoms with Gasteiger partial charge in [0.05, 0.1) is 10.6 Å². The lowest BCUT2D eigenvalue weighted by molar-refractivity contribution is 0.0961. The third-order valence-electron chi connectivity index (χ3n) is 5.34. The number of aryl methyl sites for hydroxylation is 1. The van der Waals surface area contributed by atoms with Gasteiger partial charge in [0.2, 0.25) is 0 Å². The van der Waals surface area contributed by atoms with E-state index in [0.29, 0.717) is 11.3 Å². The molecule has 6 heteroatoms. The molecule has 2 atom stereocenters. The molecule has 0 bridgehead atoms. The maximum atomic E-state index is 13.7. The smallest absolute Gasteiger partial charge is 0.265 e. The minimum absolute atomic E-state index is 0.151. The molecule has 1 heterocycles. The molecule has 0 amide bonds. The van der Waals surface area contributed by atoms with E-state index in [1.807, 2.05) is 19.1 Å². The quantitative estimate of drug-likeness (QED) is 0.357. The number of carbonyl (C=O) groups excluding carboxylic acids is 1. The molecule has 3 aromatic rings. The van der Waals surface area contributed by atoms with Gasteiger partial charge in [-0.25, -0.2) is 8.42 Å². The largest absolute Gasteiger partial charge is 0.292 e. The van der Waals surface area contributed by atoms with Crippen molar-refractivity contribution in [3.05, 3.63) is 107 Å². The van der Waals surface area contributed by atoms with Gasteiger partial charge in [-0.3, -0.25) is 9.10 Å². The van der Waals surface area contributed by atoms with E-state index in [2.05, 4.69) is 22.5 Å². The number of hydrogen-bond acceptors (Lipinski definition) is 3. The Morgan fingerprint density at radius 2 is 1.70 bits per heavy atom. The maximum Gasteiger partial charge on any atom is 0.265 e. The molecule has 4 rings (SSSR count). The molecule has 0 radical (unpaired) electrons. The fourth-order valence-corrected chi connectivity index (χ4v) is 5.90. The van der Waals surface area contributed by atoms with E-state index in [4.69, 9.17) is 0 Å². The summed E-state index contributed by atoms with van der Waals surface area (Å²) in [6, 6.07) is 19.9. The van der Waals surface area contributed by atoms with Gasteiger partial charge in [0.1, 0.15) is 6.04 Å². The van der Waals surface area contributed by atoms with Crippen molar-refractivity contribution in [3.63, 3.8) is 0 Å². The zero-order chi connectivity index (χ0) is 21.5. The van der Waals surface area contributed by atoms with Gasteiger partial charge >= 0.3 is 0 Å². The van der Waals surface area contributed by atoms with Crippen molar-refractivity contribution >= 4 is 37.4 Å². The Kier molecular flexibility index (Phi) is 5.38. The number of hydrogen-bond donors (Lipinski definition) is 0. The van der Waals surface area contributed by atoms with Crippen molar-refractivity contribution in [2.75, 3.05) is 4.31 Å². The molecule has 3 aromatic carbocycles. The number of anilines is 1. The van der Waals surface area contributed by atoms with Crippen molar-refractivity contribution in [1.82, 2.24) is 0 Å². The van der Waals surface area contributed by atoms with Crippen LogP contribution in [0.25, 0.3) is 0 Å². The molecule has 0 aromatic heterocycles. The Bertz CT molecular complexity index is 1220. The van der Waals surface area contributed by atoms with Gasteiger partial charge in [0.15, 0.2) is 5.78 Å². The summed E-state index contributed by atoms with van der Waals surface area (Å²) in [4.78, 5) is 13.7. The Morgan fingerprint density at radius 1 is 1.03 bits per heavy atom. The molecule has 0 saturated carbocycles. The van der Waals surface area contributed by atoms with E-state index in [1.54, 1.807) is 66.7 Å². The Hall–Kier alpha value is -2.70. The van der Waals surface area contributed by atoms with Crippen LogP contribution in [0.3, 0.4) is 0 Å². The Morgan fingerprint density at radius 3 is 2.33 bits per heavy atom. The molecular formula is C24H20BrNO3S. The normalized spacial score (nSPS) is 18.1. The fourth-order valence-electron chi connectivity index (χ4n) is 3.86. The van der Waals surface area contributed by atoms with Crippen LogP contribution in [0.2, 0.25) is 0 Å². The molecule has 1 aliphatic heterocycles. The van der Waals surface area contributed by atoms with Crippen LogP contribution < -0.4 is 4.31 Å². The monoisotopic (exact) mass is 481 g/mol. The van der Waals surface area contributed by atoms with Crippen LogP contribution in [-0.2, 0) is 10.0 Å². The summed E-state index contributed by atoms with van der Waals surface area (Å²) in [5.41, 5.74) is 2.67. The van der Waals surface area contributed by atoms with Crippen LogP contribution in [0.1, 0.15) is 27.4 Å². The van der Waals surface area contributed by atoms with Gasteiger partial charge in [0, 0.05) is 16.0 Å². The number of rotatable bonds is 5. The Balaban J connectivity index is 1.93. The molecule has 4 nitrogen and oxygen atoms in total. The number of ketones is 1. The SMILES string of the molecule is C=C[C@@H]1c2cc(Br)ccc2N(S(=O)(=O)c2ccc(C)cc2)[C@H]1C(=O)c1ccccc1. The minimum Gasteiger partial charge on any atom is -0.292 e. The summed E-state index contributed by atoms with van der Waals surface area (Å²) in [6.45, 7) is 5.81. The van der Waals surface area contributed by atoms with Gasteiger partial charge in [0.25, 0.3) is 10.0 Å². The standard InChI is InChI=1S/C24H20BrNO3S/c1-3-20-21-15-18(25)11-14-22(21)26(23(20)24(27)17-7-5-4-6-8-17)30(28,29)19-12-9-16(2)10-13-19/h3-15,20,23H,1H2,2H3/t20-,23-/m1/s1. The van der Waals surface area contributed by atoms with Crippen LogP contribution in [0.5, 0.6) is 0 Å². The van der Waals surface area contributed by atoms with Crippen LogP contribution in [0.15, 0.2) is 94.8 Å². The number of halogens is 1. The molecule has 0 saturated heterocycles. The van der Waals surface area contributed by atoms with Gasteiger partial charge < -0.3 is 0 Å². The second-order valence-corrected chi connectivity index (χ2v) is 9.98. The summed E-state index contributed by atoms with van der Waals surface area (Å²) in [5, 5.41) is 0. The zero-order valence-electron chi connectivity index (χ0n) is 16.3. The summed E-state index contributed by atoms with van der Waals surface area (Å²) in [6.07, 6.45) is 1.65. The van der Waals surface area contributed by atoms with Crippen molar-refractivity contribution in [1.29, 1.82) is 0 Å². The lowest BCUT2D eigenvalue weighted by Crippen LogP contribution is -2.44. The molecule has 152 valence electrons. The highest BCUT2D eigenvalue weighted by Gasteiger charge is 2.47. The summed E-state index contributed by atoms with van der Waals surface area (Å²) < 4.78 is 29.5. The van der Waals surface area contributed by atoms with E-state index in [1.165, 1.54) is 4.31 Å². The van der Waals surface area contributed by atoms with Crippen molar-refractivity contribution in [2.45, 2.75) is 23.8 Å². The van der Waals surface area contributed by atoms with Crippen LogP contribution in [-0.4, -0.2) is 20.2 Å². The van der Waals surface area contributed by atoms with E-state index in [-0.39, 0.29) is 10.7 Å². The van der Waals surface area contributed by atoms with Crippen molar-refractivity contribution in [3.8, 4) is 0 Å². The molecule has 0 N–H and O–H groups in total. The van der Waals surface area contributed by atoms with Crippen LogP contribution >= 0.6 is 15.9 Å². The first-order valence-electron chi connectivity index (χ1n) is 9.47. The third-order valence-corrected chi connectivity index (χ3v) is 7.64. The first kappa shape index (κ1) is 20.6. The number of carbonyl (C=O) groups is 1. The number of benzene rings is 3. The molecular weight excluding hydrogens is 462 g/mol. The molecule has 0 spiro atoms. The third kappa shape index (κ3) is 3.40. The highest BCUT2D eigenvalue weighted by atomic mass is 79.9. The highest BCUT2D eigenvalue weighted by molar-refractivity contribution is 9.10. The molecule has 0 aliphatic carbocycles. The number of nitrogens with zero attached hydrogens (tertiary/aromatic N) is 1. The average Bonchev–Trinajstić information content (AvgIpc) is 3.08. The Labute approximate surface area is 185 Å². The van der Waals surface area contributed by atoms with Gasteiger partial charge in [-0.2, -0.15) is 0 Å². The molecule has 1 aliphatic rings. The predicted molar refractivity (Wildman–Crippen MR) is 122 cm³/mol. The number of Topliss-reactive ketones (excluding diaryl/α,β-unsaturated/α-hetero) is 1. The first-order chi connectivity index (χ1) is 14.3. The summed E-state index contributed by atoms with van der Waals surface area (Å²) in [5.74, 6) is -0.728. The fraction of sp³-hybridized carbons (Fsp3) is 0.125. The van der Waals surface area contributed by atoms with Gasteiger partial charge in [-0.15, -0.1) is 6.58 Å². The maximum absolute atomic E-state index is 13.7. The van der Waals surface area contributed by atoms with Crippen molar-refractivity contribution in [2.24, 2.45) is 0 Å². The molecule has 0 unspecified atom stereocenters.